The molecule has 0 aliphatic heterocycles. The Bertz CT molecular complexity index is 1770. The number of aryl methyl sites for hydroxylation is 2. The van der Waals surface area contributed by atoms with Gasteiger partial charge in [0.1, 0.15) is 8.07 Å². The predicted molar refractivity (Wildman–Crippen MR) is 215 cm³/mol. The van der Waals surface area contributed by atoms with Crippen molar-refractivity contribution in [2.24, 2.45) is 0 Å². The first kappa shape index (κ1) is 34.4. The molecule has 0 amide bonds. The number of unbranched alkanes of at least 4 members (excludes halogenated alkanes) is 3. The van der Waals surface area contributed by atoms with Crippen molar-refractivity contribution >= 4 is 20.2 Å². The van der Waals surface area contributed by atoms with Crippen molar-refractivity contribution in [1.82, 2.24) is 0 Å². The zero-order chi connectivity index (χ0) is 34.4. The molecule has 0 spiro atoms. The first-order valence-electron chi connectivity index (χ1n) is 18.6. The molecule has 0 saturated heterocycles. The van der Waals surface area contributed by atoms with E-state index in [1.807, 2.05) is 0 Å². The molecule has 0 unspecified atom stereocenters. The smallest absolute Gasteiger partial charge is 0.0712 e. The minimum Gasteiger partial charge on any atom is -0.0712 e. The number of rotatable bonds is 9. The first-order valence-corrected chi connectivity index (χ1v) is 21.3. The number of allylic oxidation sites excluding steroid dienone is 2. The van der Waals surface area contributed by atoms with Crippen LogP contribution >= 0.6 is 0 Å². The van der Waals surface area contributed by atoms with Gasteiger partial charge in [-0.1, -0.05) is 182 Å². The third kappa shape index (κ3) is 6.60. The van der Waals surface area contributed by atoms with E-state index < -0.39 is 8.07 Å². The fourth-order valence-corrected chi connectivity index (χ4v) is 12.3. The lowest BCUT2D eigenvalue weighted by molar-refractivity contribution is 0.589. The van der Waals surface area contributed by atoms with Crippen molar-refractivity contribution in [1.29, 1.82) is 0 Å². The molecule has 2 aliphatic carbocycles. The van der Waals surface area contributed by atoms with Gasteiger partial charge in [0.15, 0.2) is 0 Å². The highest BCUT2D eigenvalue weighted by molar-refractivity contribution is 6.93. The van der Waals surface area contributed by atoms with E-state index in [9.17, 15) is 0 Å². The van der Waals surface area contributed by atoms with Crippen LogP contribution in [0.15, 0.2) is 83.2 Å². The summed E-state index contributed by atoms with van der Waals surface area (Å²) >= 11 is 0. The number of hydrogen-bond donors (Lipinski definition) is 0. The summed E-state index contributed by atoms with van der Waals surface area (Å²) in [4.78, 5) is 0. The van der Waals surface area contributed by atoms with Gasteiger partial charge in [-0.25, -0.2) is 0 Å². The Labute approximate surface area is 293 Å². The average molecular weight is 651 g/mol. The Balaban J connectivity index is 1.41. The summed E-state index contributed by atoms with van der Waals surface area (Å²) < 4.78 is 0. The van der Waals surface area contributed by atoms with Crippen molar-refractivity contribution < 1.29 is 0 Å². The maximum absolute atomic E-state index is 2.71. The summed E-state index contributed by atoms with van der Waals surface area (Å²) in [5.74, 6) is 0. The number of benzene rings is 4. The Morgan fingerprint density at radius 3 is 1.42 bits per heavy atom. The van der Waals surface area contributed by atoms with Crippen LogP contribution in [0.5, 0.6) is 0 Å². The summed E-state index contributed by atoms with van der Waals surface area (Å²) in [6.07, 6.45) is 12.8. The minimum absolute atomic E-state index is 0.154. The van der Waals surface area contributed by atoms with E-state index in [-0.39, 0.29) is 10.8 Å². The van der Waals surface area contributed by atoms with E-state index >= 15 is 0 Å². The van der Waals surface area contributed by atoms with E-state index in [0.717, 1.165) is 12.8 Å². The summed E-state index contributed by atoms with van der Waals surface area (Å²) in [6, 6.07) is 29.8. The van der Waals surface area contributed by atoms with E-state index in [4.69, 9.17) is 0 Å². The zero-order valence-electron chi connectivity index (χ0n) is 31.5. The quantitative estimate of drug-likeness (QED) is 0.125. The summed E-state index contributed by atoms with van der Waals surface area (Å²) in [5, 5.41) is 3.47. The van der Waals surface area contributed by atoms with Crippen molar-refractivity contribution in [2.75, 3.05) is 0 Å². The second kappa shape index (κ2) is 13.1. The summed E-state index contributed by atoms with van der Waals surface area (Å²) in [7, 11) is -1.95. The molecule has 0 bridgehead atoms. The van der Waals surface area contributed by atoms with Crippen molar-refractivity contribution in [3.63, 3.8) is 0 Å². The van der Waals surface area contributed by atoms with E-state index in [1.54, 1.807) is 10.4 Å². The number of hydrogen-bond acceptors (Lipinski definition) is 0. The fourth-order valence-electron chi connectivity index (χ4n) is 8.21. The van der Waals surface area contributed by atoms with Crippen LogP contribution in [0.1, 0.15) is 119 Å². The number of fused-ring (bicyclic) bond motifs is 2. The SMILES string of the molecule is CCCCCC[Si](C)(C1=Cc2c(cccc2-c2ccc(C(C)(C)C)cc2C)C1)C1=Cc2c(cccc2-c2ccc(C(C)(C)C)cc2C)C1. The molecule has 6 rings (SSSR count). The lowest BCUT2D eigenvalue weighted by atomic mass is 9.84. The zero-order valence-corrected chi connectivity index (χ0v) is 32.5. The Morgan fingerprint density at radius 1 is 0.562 bits per heavy atom. The van der Waals surface area contributed by atoms with Gasteiger partial charge in [-0.05, 0) is 104 Å². The maximum atomic E-state index is 2.71. The molecule has 48 heavy (non-hydrogen) atoms. The van der Waals surface area contributed by atoms with Gasteiger partial charge in [0.05, 0.1) is 0 Å². The Hall–Kier alpha value is -3.42. The van der Waals surface area contributed by atoms with Crippen LogP contribution in [-0.4, -0.2) is 8.07 Å². The van der Waals surface area contributed by atoms with Crippen LogP contribution in [0, 0.1) is 13.8 Å². The van der Waals surface area contributed by atoms with E-state index in [0.29, 0.717) is 0 Å². The molecule has 4 aromatic rings. The minimum atomic E-state index is -1.95. The van der Waals surface area contributed by atoms with Crippen LogP contribution in [-0.2, 0) is 23.7 Å². The van der Waals surface area contributed by atoms with Crippen LogP contribution < -0.4 is 0 Å². The molecule has 0 nitrogen and oxygen atoms in total. The second-order valence-electron chi connectivity index (χ2n) is 17.2. The molecule has 0 atom stereocenters. The molecule has 2 aliphatic rings. The van der Waals surface area contributed by atoms with Crippen LogP contribution in [0.25, 0.3) is 34.4 Å². The van der Waals surface area contributed by atoms with Gasteiger partial charge in [-0.3, -0.25) is 0 Å². The van der Waals surface area contributed by atoms with E-state index in [1.165, 1.54) is 98.5 Å². The molecule has 0 heterocycles. The molecule has 0 fully saturated rings. The Kier molecular flexibility index (Phi) is 9.42. The molecular formula is C47H58Si. The highest BCUT2D eigenvalue weighted by atomic mass is 28.3. The third-order valence-corrected chi connectivity index (χ3v) is 16.3. The maximum Gasteiger partial charge on any atom is 0.106 e. The molecule has 1 heteroatoms. The molecule has 0 radical (unpaired) electrons. The highest BCUT2D eigenvalue weighted by Gasteiger charge is 2.40. The van der Waals surface area contributed by atoms with Crippen molar-refractivity contribution in [2.45, 2.75) is 124 Å². The van der Waals surface area contributed by atoms with Crippen LogP contribution in [0.2, 0.25) is 12.6 Å². The summed E-state index contributed by atoms with van der Waals surface area (Å²) in [5.41, 5.74) is 17.4. The van der Waals surface area contributed by atoms with Crippen LogP contribution in [0.3, 0.4) is 0 Å². The lowest BCUT2D eigenvalue weighted by Gasteiger charge is -2.31. The average Bonchev–Trinajstić information content (AvgIpc) is 3.68. The van der Waals surface area contributed by atoms with Gasteiger partial charge in [-0.15, -0.1) is 0 Å². The molecular weight excluding hydrogens is 593 g/mol. The molecule has 0 saturated carbocycles. The Morgan fingerprint density at radius 2 is 1.02 bits per heavy atom. The fraction of sp³-hybridized carbons (Fsp3) is 0.404. The largest absolute Gasteiger partial charge is 0.106 e. The van der Waals surface area contributed by atoms with Gasteiger partial charge in [0.2, 0.25) is 0 Å². The third-order valence-electron chi connectivity index (χ3n) is 11.5. The molecule has 4 aromatic carbocycles. The molecule has 250 valence electrons. The van der Waals surface area contributed by atoms with Gasteiger partial charge < -0.3 is 0 Å². The monoisotopic (exact) mass is 650 g/mol. The standard InChI is InChI=1S/C47H58Si/c1-11-12-13-14-25-48(10,38-28-34-17-15-19-42(44(34)30-38)40-23-21-36(26-32(40)2)46(4,5)6)39-29-35-18-16-20-43(45(35)31-39)41-24-22-37(27-33(41)3)47(7,8)9/h15-24,26-27,30-31H,11-14,25,28-29H2,1-10H3. The normalized spacial score (nSPS) is 14.5. The van der Waals surface area contributed by atoms with Gasteiger partial charge in [0, 0.05) is 0 Å². The van der Waals surface area contributed by atoms with Crippen LogP contribution in [0.4, 0.5) is 0 Å². The van der Waals surface area contributed by atoms with E-state index in [2.05, 4.69) is 154 Å². The van der Waals surface area contributed by atoms with Crippen molar-refractivity contribution in [3.8, 4) is 22.3 Å². The van der Waals surface area contributed by atoms with Gasteiger partial charge in [-0.2, -0.15) is 0 Å². The summed E-state index contributed by atoms with van der Waals surface area (Å²) in [6.45, 7) is 23.5. The molecule has 0 N–H and O–H groups in total. The highest BCUT2D eigenvalue weighted by Crippen LogP contribution is 2.46. The van der Waals surface area contributed by atoms with Gasteiger partial charge >= 0.3 is 0 Å². The molecule has 0 aromatic heterocycles. The predicted octanol–water partition coefficient (Wildman–Crippen LogP) is 13.5. The second-order valence-corrected chi connectivity index (χ2v) is 21.6. The van der Waals surface area contributed by atoms with Gasteiger partial charge in [0.25, 0.3) is 0 Å². The topological polar surface area (TPSA) is 0 Å². The lowest BCUT2D eigenvalue weighted by Crippen LogP contribution is -2.36. The van der Waals surface area contributed by atoms with Crippen molar-refractivity contribution in [3.05, 3.63) is 128 Å². The first-order chi connectivity index (χ1) is 22.7.